The second-order valence-corrected chi connectivity index (χ2v) is 8.36. The molecule has 98 valence electrons. The Balaban J connectivity index is 2.22. The van der Waals surface area contributed by atoms with Crippen molar-refractivity contribution in [3.05, 3.63) is 36.5 Å². The van der Waals surface area contributed by atoms with E-state index < -0.39 is 14.6 Å². The number of sulfone groups is 1. The molecule has 0 amide bonds. The van der Waals surface area contributed by atoms with E-state index in [2.05, 4.69) is 0 Å². The van der Waals surface area contributed by atoms with Crippen molar-refractivity contribution in [2.75, 3.05) is 5.75 Å². The first-order chi connectivity index (χ1) is 8.31. The molecule has 0 bridgehead atoms. The van der Waals surface area contributed by atoms with Gasteiger partial charge in [-0.15, -0.1) is 0 Å². The SMILES string of the molecule is CC(C)(C)S(=O)(=O)CCn1ccc2ccccc21. The molecule has 0 fully saturated rings. The van der Waals surface area contributed by atoms with Gasteiger partial charge in [0.15, 0.2) is 9.84 Å². The smallest absolute Gasteiger partial charge is 0.156 e. The molecule has 0 spiro atoms. The van der Waals surface area contributed by atoms with Gasteiger partial charge >= 0.3 is 0 Å². The molecule has 4 heteroatoms. The molecule has 1 aromatic carbocycles. The van der Waals surface area contributed by atoms with Crippen LogP contribution in [-0.4, -0.2) is 23.5 Å². The fraction of sp³-hybridized carbons (Fsp3) is 0.429. The molecular formula is C14H19NO2S. The van der Waals surface area contributed by atoms with Crippen LogP contribution in [0, 0.1) is 0 Å². The number of nitrogens with zero attached hydrogens (tertiary/aromatic N) is 1. The van der Waals surface area contributed by atoms with E-state index in [0.717, 1.165) is 10.9 Å². The van der Waals surface area contributed by atoms with E-state index in [4.69, 9.17) is 0 Å². The third-order valence-electron chi connectivity index (χ3n) is 3.21. The minimum absolute atomic E-state index is 0.176. The van der Waals surface area contributed by atoms with E-state index in [1.807, 2.05) is 41.1 Å². The predicted molar refractivity (Wildman–Crippen MR) is 75.5 cm³/mol. The number of aryl methyl sites for hydroxylation is 1. The van der Waals surface area contributed by atoms with Gasteiger partial charge in [-0.3, -0.25) is 0 Å². The normalized spacial score (nSPS) is 13.1. The summed E-state index contributed by atoms with van der Waals surface area (Å²) >= 11 is 0. The van der Waals surface area contributed by atoms with Crippen LogP contribution in [0.4, 0.5) is 0 Å². The van der Waals surface area contributed by atoms with E-state index in [9.17, 15) is 8.42 Å². The summed E-state index contributed by atoms with van der Waals surface area (Å²) in [4.78, 5) is 0. The van der Waals surface area contributed by atoms with Crippen LogP contribution in [0.3, 0.4) is 0 Å². The molecule has 0 aliphatic heterocycles. The van der Waals surface area contributed by atoms with Crippen LogP contribution in [0.2, 0.25) is 0 Å². The molecule has 2 aromatic rings. The topological polar surface area (TPSA) is 39.1 Å². The molecule has 1 heterocycles. The lowest BCUT2D eigenvalue weighted by molar-refractivity contribution is 0.555. The fourth-order valence-electron chi connectivity index (χ4n) is 1.86. The zero-order valence-electron chi connectivity index (χ0n) is 11.1. The van der Waals surface area contributed by atoms with Crippen LogP contribution in [0.25, 0.3) is 10.9 Å². The number of para-hydroxylation sites is 1. The highest BCUT2D eigenvalue weighted by atomic mass is 32.2. The molecule has 0 saturated carbocycles. The third kappa shape index (κ3) is 2.43. The van der Waals surface area contributed by atoms with Crippen molar-refractivity contribution < 1.29 is 8.42 Å². The van der Waals surface area contributed by atoms with Crippen LogP contribution in [0.5, 0.6) is 0 Å². The molecule has 0 aliphatic rings. The first-order valence-corrected chi connectivity index (χ1v) is 7.73. The highest BCUT2D eigenvalue weighted by Gasteiger charge is 2.28. The van der Waals surface area contributed by atoms with Crippen LogP contribution < -0.4 is 0 Å². The first kappa shape index (κ1) is 13.1. The average Bonchev–Trinajstić information content (AvgIpc) is 2.68. The highest BCUT2D eigenvalue weighted by Crippen LogP contribution is 2.19. The molecular weight excluding hydrogens is 246 g/mol. The van der Waals surface area contributed by atoms with E-state index in [0.29, 0.717) is 6.54 Å². The van der Waals surface area contributed by atoms with E-state index in [1.165, 1.54) is 0 Å². The zero-order chi connectivity index (χ0) is 13.4. The van der Waals surface area contributed by atoms with Gasteiger partial charge in [-0.25, -0.2) is 8.42 Å². The Hall–Kier alpha value is -1.29. The summed E-state index contributed by atoms with van der Waals surface area (Å²) in [5.74, 6) is 0.176. The van der Waals surface area contributed by atoms with Crippen molar-refractivity contribution in [3.8, 4) is 0 Å². The van der Waals surface area contributed by atoms with Crippen LogP contribution in [0.15, 0.2) is 36.5 Å². The maximum Gasteiger partial charge on any atom is 0.156 e. The minimum atomic E-state index is -3.06. The Morgan fingerprint density at radius 2 is 1.78 bits per heavy atom. The monoisotopic (exact) mass is 265 g/mol. The second kappa shape index (κ2) is 4.43. The van der Waals surface area contributed by atoms with Gasteiger partial charge < -0.3 is 4.57 Å². The van der Waals surface area contributed by atoms with Gasteiger partial charge in [0.25, 0.3) is 0 Å². The fourth-order valence-corrected chi connectivity index (χ4v) is 2.91. The minimum Gasteiger partial charge on any atom is -0.346 e. The van der Waals surface area contributed by atoms with Gasteiger partial charge in [0.1, 0.15) is 0 Å². The van der Waals surface area contributed by atoms with Crippen LogP contribution in [-0.2, 0) is 16.4 Å². The quantitative estimate of drug-likeness (QED) is 0.856. The van der Waals surface area contributed by atoms with Gasteiger partial charge in [0, 0.05) is 18.3 Å². The standard InChI is InChI=1S/C14H19NO2S/c1-14(2,3)18(16,17)11-10-15-9-8-12-6-4-5-7-13(12)15/h4-9H,10-11H2,1-3H3. The maximum absolute atomic E-state index is 12.1. The van der Waals surface area contributed by atoms with E-state index in [-0.39, 0.29) is 5.75 Å². The van der Waals surface area contributed by atoms with Gasteiger partial charge in [-0.1, -0.05) is 18.2 Å². The summed E-state index contributed by atoms with van der Waals surface area (Å²) in [6, 6.07) is 10.0. The second-order valence-electron chi connectivity index (χ2n) is 5.50. The maximum atomic E-state index is 12.1. The molecule has 0 atom stereocenters. The molecule has 18 heavy (non-hydrogen) atoms. The molecule has 0 radical (unpaired) electrons. The number of benzene rings is 1. The van der Waals surface area contributed by atoms with E-state index in [1.54, 1.807) is 20.8 Å². The first-order valence-electron chi connectivity index (χ1n) is 6.07. The summed E-state index contributed by atoms with van der Waals surface area (Å²) in [6.45, 7) is 5.75. The van der Waals surface area contributed by atoms with Gasteiger partial charge in [0.2, 0.25) is 0 Å². The predicted octanol–water partition coefficient (Wildman–Crippen LogP) is 2.85. The Bertz CT molecular complexity index is 648. The molecule has 3 nitrogen and oxygen atoms in total. The molecule has 0 N–H and O–H groups in total. The van der Waals surface area contributed by atoms with Crippen molar-refractivity contribution in [1.82, 2.24) is 4.57 Å². The Labute approximate surface area is 108 Å². The lowest BCUT2D eigenvalue weighted by atomic mass is 10.2. The largest absolute Gasteiger partial charge is 0.346 e. The zero-order valence-corrected chi connectivity index (χ0v) is 11.9. The van der Waals surface area contributed by atoms with Crippen LogP contribution >= 0.6 is 0 Å². The Kier molecular flexibility index (Phi) is 3.23. The summed E-state index contributed by atoms with van der Waals surface area (Å²) < 4.78 is 25.5. The van der Waals surface area contributed by atoms with Crippen molar-refractivity contribution in [2.45, 2.75) is 32.1 Å². The lowest BCUT2D eigenvalue weighted by Gasteiger charge is -2.19. The van der Waals surface area contributed by atoms with Crippen molar-refractivity contribution in [1.29, 1.82) is 0 Å². The molecule has 1 aromatic heterocycles. The van der Waals surface area contributed by atoms with Gasteiger partial charge in [0.05, 0.1) is 10.5 Å². The third-order valence-corrected chi connectivity index (χ3v) is 5.80. The van der Waals surface area contributed by atoms with Gasteiger partial charge in [-0.05, 0) is 38.3 Å². The van der Waals surface area contributed by atoms with Crippen molar-refractivity contribution >= 4 is 20.7 Å². The average molecular weight is 265 g/mol. The number of hydrogen-bond donors (Lipinski definition) is 0. The number of hydrogen-bond acceptors (Lipinski definition) is 2. The van der Waals surface area contributed by atoms with Crippen molar-refractivity contribution in [3.63, 3.8) is 0 Å². The van der Waals surface area contributed by atoms with Crippen LogP contribution in [0.1, 0.15) is 20.8 Å². The Morgan fingerprint density at radius 1 is 1.11 bits per heavy atom. The lowest BCUT2D eigenvalue weighted by Crippen LogP contribution is -2.31. The molecule has 0 unspecified atom stereocenters. The summed E-state index contributed by atoms with van der Waals surface area (Å²) in [6.07, 6.45) is 1.95. The summed E-state index contributed by atoms with van der Waals surface area (Å²) in [5.41, 5.74) is 1.08. The summed E-state index contributed by atoms with van der Waals surface area (Å²) in [5, 5.41) is 1.14. The molecule has 0 aliphatic carbocycles. The molecule has 2 rings (SSSR count). The Morgan fingerprint density at radius 3 is 2.44 bits per heavy atom. The van der Waals surface area contributed by atoms with Gasteiger partial charge in [-0.2, -0.15) is 0 Å². The van der Waals surface area contributed by atoms with E-state index >= 15 is 0 Å². The number of fused-ring (bicyclic) bond motifs is 1. The summed E-state index contributed by atoms with van der Waals surface area (Å²) in [7, 11) is -3.06. The number of rotatable bonds is 3. The van der Waals surface area contributed by atoms with Crippen molar-refractivity contribution in [2.24, 2.45) is 0 Å². The molecule has 0 saturated heterocycles. The highest BCUT2D eigenvalue weighted by molar-refractivity contribution is 7.92. The number of aromatic nitrogens is 1.